The number of nitrogens with zero attached hydrogens (tertiary/aromatic N) is 2. The molecule has 1 heterocycles. The maximum atomic E-state index is 12.3. The number of aliphatic carboxylic acids is 1. The molecule has 0 aliphatic heterocycles. The van der Waals surface area contributed by atoms with Crippen LogP contribution < -0.4 is 5.32 Å². The highest BCUT2D eigenvalue weighted by Crippen LogP contribution is 2.16. The molecule has 0 saturated heterocycles. The molecule has 0 unspecified atom stereocenters. The van der Waals surface area contributed by atoms with Crippen molar-refractivity contribution in [3.8, 4) is 0 Å². The third-order valence-corrected chi connectivity index (χ3v) is 3.69. The number of aromatic nitrogens is 2. The fourth-order valence-corrected chi connectivity index (χ4v) is 2.65. The fourth-order valence-electron chi connectivity index (χ4n) is 2.65. The van der Waals surface area contributed by atoms with E-state index in [0.717, 1.165) is 16.9 Å². The zero-order chi connectivity index (χ0) is 17.0. The van der Waals surface area contributed by atoms with Crippen molar-refractivity contribution in [2.45, 2.75) is 46.2 Å². The van der Waals surface area contributed by atoms with Gasteiger partial charge < -0.3 is 15.0 Å². The largest absolute Gasteiger partial charge is 0.480 e. The lowest BCUT2D eigenvalue weighted by atomic mass is 10.0. The maximum Gasteiger partial charge on any atom is 0.326 e. The summed E-state index contributed by atoms with van der Waals surface area (Å²) in [4.78, 5) is 28.1. The molecule has 2 N–H and O–H groups in total. The van der Waals surface area contributed by atoms with Gasteiger partial charge >= 0.3 is 5.97 Å². The number of benzene rings is 1. The summed E-state index contributed by atoms with van der Waals surface area (Å²) in [6, 6.07) is 6.76. The lowest BCUT2D eigenvalue weighted by molar-refractivity contribution is -0.142. The first-order valence-corrected chi connectivity index (χ1v) is 7.88. The molecule has 0 aliphatic rings. The van der Waals surface area contributed by atoms with Crippen molar-refractivity contribution in [1.82, 2.24) is 14.9 Å². The standard InChI is InChI=1S/C17H23N3O3/c1-4-15-18-12-7-5-6-8-14(12)20(15)10-16(21)19-13(17(22)23)9-11(2)3/h5-8,11,13H,4,9-10H2,1-3H3,(H,19,21)(H,22,23)/t13-/m0/s1. The average molecular weight is 317 g/mol. The summed E-state index contributed by atoms with van der Waals surface area (Å²) < 4.78 is 1.85. The van der Waals surface area contributed by atoms with E-state index in [9.17, 15) is 14.7 Å². The number of aryl methyl sites for hydroxylation is 1. The minimum absolute atomic E-state index is 0.0750. The number of imidazole rings is 1. The normalized spacial score (nSPS) is 12.5. The number of carbonyl (C=O) groups is 2. The number of fused-ring (bicyclic) bond motifs is 1. The average Bonchev–Trinajstić information content (AvgIpc) is 2.84. The molecule has 0 aliphatic carbocycles. The Morgan fingerprint density at radius 3 is 2.61 bits per heavy atom. The zero-order valence-corrected chi connectivity index (χ0v) is 13.7. The third kappa shape index (κ3) is 4.09. The summed E-state index contributed by atoms with van der Waals surface area (Å²) in [7, 11) is 0. The molecule has 1 amide bonds. The molecule has 0 fully saturated rings. The van der Waals surface area contributed by atoms with Crippen molar-refractivity contribution in [2.75, 3.05) is 0 Å². The van der Waals surface area contributed by atoms with E-state index >= 15 is 0 Å². The highest BCUT2D eigenvalue weighted by molar-refractivity contribution is 5.85. The maximum absolute atomic E-state index is 12.3. The topological polar surface area (TPSA) is 84.2 Å². The van der Waals surface area contributed by atoms with Gasteiger partial charge in [0, 0.05) is 6.42 Å². The first-order chi connectivity index (χ1) is 10.9. The van der Waals surface area contributed by atoms with E-state index in [1.807, 2.05) is 49.6 Å². The Kier molecular flexibility index (Phi) is 5.36. The van der Waals surface area contributed by atoms with Gasteiger partial charge in [0.15, 0.2) is 0 Å². The summed E-state index contributed by atoms with van der Waals surface area (Å²) in [5, 5.41) is 11.9. The van der Waals surface area contributed by atoms with Crippen LogP contribution in [0, 0.1) is 5.92 Å². The Morgan fingerprint density at radius 2 is 2.00 bits per heavy atom. The molecular weight excluding hydrogens is 294 g/mol. The first-order valence-electron chi connectivity index (χ1n) is 7.88. The molecule has 2 rings (SSSR count). The van der Waals surface area contributed by atoms with E-state index in [0.29, 0.717) is 12.8 Å². The van der Waals surface area contributed by atoms with Crippen molar-refractivity contribution in [3.63, 3.8) is 0 Å². The van der Waals surface area contributed by atoms with Crippen LogP contribution in [0.15, 0.2) is 24.3 Å². The molecule has 1 aromatic carbocycles. The van der Waals surface area contributed by atoms with E-state index in [-0.39, 0.29) is 18.4 Å². The minimum atomic E-state index is -1.00. The molecule has 6 nitrogen and oxygen atoms in total. The van der Waals surface area contributed by atoms with Crippen LogP contribution in [0.1, 0.15) is 33.0 Å². The SMILES string of the molecule is CCc1nc2ccccc2n1CC(=O)N[C@@H](CC(C)C)C(=O)O. The van der Waals surface area contributed by atoms with Crippen LogP contribution in [0.25, 0.3) is 11.0 Å². The smallest absolute Gasteiger partial charge is 0.326 e. The van der Waals surface area contributed by atoms with Gasteiger partial charge in [-0.15, -0.1) is 0 Å². The third-order valence-electron chi connectivity index (χ3n) is 3.69. The fraction of sp³-hybridized carbons (Fsp3) is 0.471. The van der Waals surface area contributed by atoms with Crippen LogP contribution in [0.4, 0.5) is 0 Å². The van der Waals surface area contributed by atoms with Gasteiger partial charge in [-0.05, 0) is 24.5 Å². The van der Waals surface area contributed by atoms with E-state index < -0.39 is 12.0 Å². The summed E-state index contributed by atoms with van der Waals surface area (Å²) in [6.07, 6.45) is 1.11. The Hall–Kier alpha value is -2.37. The number of carboxylic acids is 1. The van der Waals surface area contributed by atoms with Crippen molar-refractivity contribution >= 4 is 22.9 Å². The lowest BCUT2D eigenvalue weighted by Crippen LogP contribution is -2.43. The first kappa shape index (κ1) is 17.0. The van der Waals surface area contributed by atoms with Crippen molar-refractivity contribution < 1.29 is 14.7 Å². The number of hydrogen-bond acceptors (Lipinski definition) is 3. The molecule has 6 heteroatoms. The quantitative estimate of drug-likeness (QED) is 0.820. The van der Waals surface area contributed by atoms with Gasteiger partial charge in [0.05, 0.1) is 11.0 Å². The summed E-state index contributed by atoms with van der Waals surface area (Å²) in [5.41, 5.74) is 1.73. The Balaban J connectivity index is 2.18. The van der Waals surface area contributed by atoms with Crippen molar-refractivity contribution in [2.24, 2.45) is 5.92 Å². The number of para-hydroxylation sites is 2. The minimum Gasteiger partial charge on any atom is -0.480 e. The van der Waals surface area contributed by atoms with Crippen LogP contribution in [-0.2, 0) is 22.6 Å². The molecule has 0 bridgehead atoms. The second kappa shape index (κ2) is 7.26. The zero-order valence-electron chi connectivity index (χ0n) is 13.7. The molecule has 1 atom stereocenters. The van der Waals surface area contributed by atoms with Gasteiger partial charge in [-0.1, -0.05) is 32.9 Å². The van der Waals surface area contributed by atoms with Crippen LogP contribution in [0.2, 0.25) is 0 Å². The monoisotopic (exact) mass is 317 g/mol. The molecule has 2 aromatic rings. The predicted octanol–water partition coefficient (Wildman–Crippen LogP) is 2.21. The van der Waals surface area contributed by atoms with E-state index in [2.05, 4.69) is 10.3 Å². The highest BCUT2D eigenvalue weighted by atomic mass is 16.4. The van der Waals surface area contributed by atoms with Crippen molar-refractivity contribution in [1.29, 1.82) is 0 Å². The molecule has 1 aromatic heterocycles. The molecule has 0 radical (unpaired) electrons. The van der Waals surface area contributed by atoms with Crippen LogP contribution in [-0.4, -0.2) is 32.6 Å². The summed E-state index contributed by atoms with van der Waals surface area (Å²) in [5.74, 6) is -0.303. The molecule has 0 saturated carbocycles. The highest BCUT2D eigenvalue weighted by Gasteiger charge is 2.22. The van der Waals surface area contributed by atoms with Crippen LogP contribution in [0.3, 0.4) is 0 Å². The molecule has 124 valence electrons. The van der Waals surface area contributed by atoms with Crippen LogP contribution >= 0.6 is 0 Å². The Morgan fingerprint density at radius 1 is 1.30 bits per heavy atom. The van der Waals surface area contributed by atoms with Gasteiger partial charge in [-0.2, -0.15) is 0 Å². The summed E-state index contributed by atoms with van der Waals surface area (Å²) >= 11 is 0. The van der Waals surface area contributed by atoms with E-state index in [4.69, 9.17) is 0 Å². The lowest BCUT2D eigenvalue weighted by Gasteiger charge is -2.17. The van der Waals surface area contributed by atoms with E-state index in [1.165, 1.54) is 0 Å². The Labute approximate surface area is 135 Å². The van der Waals surface area contributed by atoms with E-state index in [1.54, 1.807) is 0 Å². The van der Waals surface area contributed by atoms with Gasteiger partial charge in [0.25, 0.3) is 0 Å². The number of hydrogen-bond donors (Lipinski definition) is 2. The number of amides is 1. The predicted molar refractivity (Wildman–Crippen MR) is 88.1 cm³/mol. The Bertz CT molecular complexity index is 706. The second-order valence-electron chi connectivity index (χ2n) is 6.04. The molecule has 23 heavy (non-hydrogen) atoms. The second-order valence-corrected chi connectivity index (χ2v) is 6.04. The van der Waals surface area contributed by atoms with Gasteiger partial charge in [0.2, 0.25) is 5.91 Å². The molecular formula is C17H23N3O3. The van der Waals surface area contributed by atoms with Gasteiger partial charge in [-0.25, -0.2) is 9.78 Å². The van der Waals surface area contributed by atoms with Gasteiger partial charge in [-0.3, -0.25) is 4.79 Å². The summed E-state index contributed by atoms with van der Waals surface area (Å²) in [6.45, 7) is 5.92. The van der Waals surface area contributed by atoms with Gasteiger partial charge in [0.1, 0.15) is 18.4 Å². The number of rotatable bonds is 7. The molecule has 0 spiro atoms. The number of carbonyl (C=O) groups excluding carboxylic acids is 1. The number of carboxylic acid groups (broad SMARTS) is 1. The van der Waals surface area contributed by atoms with Crippen molar-refractivity contribution in [3.05, 3.63) is 30.1 Å². The number of nitrogens with one attached hydrogen (secondary N) is 1. The van der Waals surface area contributed by atoms with Crippen LogP contribution in [0.5, 0.6) is 0 Å².